The second kappa shape index (κ2) is 7.51. The minimum absolute atomic E-state index is 0.134. The molecule has 4 saturated carbocycles. The monoisotopic (exact) mass is 404 g/mol. The molecule has 0 spiro atoms. The molecule has 0 saturated heterocycles. The van der Waals surface area contributed by atoms with Gasteiger partial charge in [-0.3, -0.25) is 0 Å². The Morgan fingerprint density at radius 1 is 0.931 bits per heavy atom. The van der Waals surface area contributed by atoms with Crippen molar-refractivity contribution in [2.75, 3.05) is 0 Å². The first-order chi connectivity index (χ1) is 13.4. The minimum Gasteiger partial charge on any atom is -0.393 e. The second-order valence-corrected chi connectivity index (χ2v) is 13.6. The Hall–Kier alpha value is -0.0800. The summed E-state index contributed by atoms with van der Waals surface area (Å²) in [5, 5.41) is 21.4. The summed E-state index contributed by atoms with van der Waals surface area (Å²) in [6, 6.07) is 0. The van der Waals surface area contributed by atoms with Crippen molar-refractivity contribution >= 4 is 0 Å². The Bertz CT molecular complexity index is 594. The van der Waals surface area contributed by atoms with Crippen molar-refractivity contribution in [1.82, 2.24) is 0 Å². The van der Waals surface area contributed by atoms with Crippen LogP contribution in [0.5, 0.6) is 0 Å². The fourth-order valence-corrected chi connectivity index (χ4v) is 8.83. The zero-order valence-electron chi connectivity index (χ0n) is 20.1. The molecular formula is C27H48O2. The fraction of sp³-hybridized carbons (Fsp3) is 1.00. The zero-order valence-corrected chi connectivity index (χ0v) is 20.1. The van der Waals surface area contributed by atoms with Crippen LogP contribution in [0.2, 0.25) is 0 Å². The Kier molecular flexibility index (Phi) is 5.73. The molecule has 0 aromatic rings. The highest BCUT2D eigenvalue weighted by Gasteiger charge is 2.61. The highest BCUT2D eigenvalue weighted by Crippen LogP contribution is 2.67. The minimum atomic E-state index is -0.139. The van der Waals surface area contributed by atoms with Gasteiger partial charge in [-0.05, 0) is 116 Å². The number of fused-ring (bicyclic) bond motifs is 4. The fourth-order valence-electron chi connectivity index (χ4n) is 8.83. The molecule has 0 aliphatic heterocycles. The molecule has 2 nitrogen and oxygen atoms in total. The highest BCUT2D eigenvalue weighted by molar-refractivity contribution is 5.10. The molecule has 0 heterocycles. The number of hydrogen-bond donors (Lipinski definition) is 2. The number of aliphatic hydroxyl groups is 2. The van der Waals surface area contributed by atoms with Gasteiger partial charge >= 0.3 is 0 Å². The summed E-state index contributed by atoms with van der Waals surface area (Å²) in [4.78, 5) is 0. The maximum Gasteiger partial charge on any atom is 0.0574 e. The van der Waals surface area contributed by atoms with Crippen molar-refractivity contribution < 1.29 is 10.2 Å². The van der Waals surface area contributed by atoms with Crippen LogP contribution >= 0.6 is 0 Å². The van der Waals surface area contributed by atoms with Crippen LogP contribution in [-0.4, -0.2) is 22.4 Å². The first kappa shape index (κ1) is 22.1. The van der Waals surface area contributed by atoms with Gasteiger partial charge in [0, 0.05) is 0 Å². The summed E-state index contributed by atoms with van der Waals surface area (Å²) < 4.78 is 0. The smallest absolute Gasteiger partial charge is 0.0574 e. The molecule has 0 aromatic heterocycles. The van der Waals surface area contributed by atoms with Gasteiger partial charge in [0.05, 0.1) is 12.2 Å². The van der Waals surface area contributed by atoms with E-state index in [1.807, 2.05) is 0 Å². The molecule has 4 aliphatic rings. The molecule has 0 bridgehead atoms. The molecule has 4 rings (SSSR count). The van der Waals surface area contributed by atoms with Gasteiger partial charge in [0.1, 0.15) is 0 Å². The summed E-state index contributed by atoms with van der Waals surface area (Å²) >= 11 is 0. The van der Waals surface area contributed by atoms with Crippen molar-refractivity contribution in [3.05, 3.63) is 0 Å². The number of hydrogen-bond acceptors (Lipinski definition) is 2. The molecule has 0 aromatic carbocycles. The van der Waals surface area contributed by atoms with E-state index in [-0.39, 0.29) is 12.2 Å². The third-order valence-electron chi connectivity index (χ3n) is 10.7. The van der Waals surface area contributed by atoms with E-state index in [0.717, 1.165) is 43.4 Å². The maximum atomic E-state index is 11.1. The Balaban J connectivity index is 1.55. The van der Waals surface area contributed by atoms with Crippen LogP contribution in [0, 0.1) is 51.8 Å². The van der Waals surface area contributed by atoms with Crippen molar-refractivity contribution in [3.63, 3.8) is 0 Å². The molecule has 2 heteroatoms. The van der Waals surface area contributed by atoms with Crippen molar-refractivity contribution in [3.8, 4) is 0 Å². The van der Waals surface area contributed by atoms with Crippen LogP contribution in [0.15, 0.2) is 0 Å². The van der Waals surface area contributed by atoms with E-state index in [1.165, 1.54) is 38.5 Å². The summed E-state index contributed by atoms with van der Waals surface area (Å²) in [6.07, 6.45) is 11.8. The SMILES string of the molecule is C[C@H](CCC(C)(C)C)[C@H]1CCC2CC3C(C[C@@]21C)[C@@]1(C)CC[C@@H](O)CC1C[C@H]3O. The normalized spacial score (nSPS) is 51.1. The molecule has 2 N–H and O–H groups in total. The molecule has 4 aliphatic carbocycles. The average Bonchev–Trinajstić information content (AvgIpc) is 2.96. The first-order valence-corrected chi connectivity index (χ1v) is 12.8. The molecule has 0 radical (unpaired) electrons. The van der Waals surface area contributed by atoms with Gasteiger partial charge in [0.15, 0.2) is 0 Å². The third kappa shape index (κ3) is 3.84. The summed E-state index contributed by atoms with van der Waals surface area (Å²) in [5.74, 6) is 4.15. The van der Waals surface area contributed by atoms with E-state index >= 15 is 0 Å². The maximum absolute atomic E-state index is 11.1. The van der Waals surface area contributed by atoms with E-state index in [0.29, 0.717) is 34.0 Å². The molecular weight excluding hydrogens is 356 g/mol. The van der Waals surface area contributed by atoms with Crippen LogP contribution in [0.25, 0.3) is 0 Å². The molecule has 4 fully saturated rings. The molecule has 10 atom stereocenters. The largest absolute Gasteiger partial charge is 0.393 e. The van der Waals surface area contributed by atoms with Gasteiger partial charge in [0.25, 0.3) is 0 Å². The summed E-state index contributed by atoms with van der Waals surface area (Å²) in [6.45, 7) is 14.8. The number of rotatable bonds is 3. The second-order valence-electron chi connectivity index (χ2n) is 13.6. The van der Waals surface area contributed by atoms with Crippen LogP contribution in [0.3, 0.4) is 0 Å². The van der Waals surface area contributed by atoms with E-state index < -0.39 is 0 Å². The lowest BCUT2D eigenvalue weighted by atomic mass is 9.44. The Labute approximate surface area is 180 Å². The van der Waals surface area contributed by atoms with Crippen molar-refractivity contribution in [1.29, 1.82) is 0 Å². The van der Waals surface area contributed by atoms with Gasteiger partial charge in [-0.15, -0.1) is 0 Å². The van der Waals surface area contributed by atoms with Crippen LogP contribution in [0.1, 0.15) is 106 Å². The van der Waals surface area contributed by atoms with Crippen LogP contribution < -0.4 is 0 Å². The lowest BCUT2D eigenvalue weighted by molar-refractivity contribution is -0.166. The molecule has 4 unspecified atom stereocenters. The molecule has 168 valence electrons. The standard InChI is InChI=1S/C27H48O2/c1-17(9-11-25(2,3)4)22-8-7-18-14-21-23(16-27(18,22)6)26(5)12-10-20(28)13-19(26)15-24(21)29/h17-24,28-29H,7-16H2,1-6H3/t17-,18?,19?,20-,21?,22-,23?,24-,26+,27+/m1/s1. The summed E-state index contributed by atoms with van der Waals surface area (Å²) in [7, 11) is 0. The van der Waals surface area contributed by atoms with Gasteiger partial charge in [-0.2, -0.15) is 0 Å². The van der Waals surface area contributed by atoms with Crippen LogP contribution in [-0.2, 0) is 0 Å². The van der Waals surface area contributed by atoms with Crippen LogP contribution in [0.4, 0.5) is 0 Å². The van der Waals surface area contributed by atoms with E-state index in [2.05, 4.69) is 41.5 Å². The Morgan fingerprint density at radius 2 is 1.66 bits per heavy atom. The van der Waals surface area contributed by atoms with Crippen molar-refractivity contribution in [2.24, 2.45) is 51.8 Å². The van der Waals surface area contributed by atoms with Gasteiger partial charge in [0.2, 0.25) is 0 Å². The molecule has 0 amide bonds. The topological polar surface area (TPSA) is 40.5 Å². The predicted molar refractivity (Wildman–Crippen MR) is 120 cm³/mol. The average molecular weight is 405 g/mol. The van der Waals surface area contributed by atoms with E-state index in [4.69, 9.17) is 0 Å². The zero-order chi connectivity index (χ0) is 21.2. The van der Waals surface area contributed by atoms with E-state index in [9.17, 15) is 10.2 Å². The lowest BCUT2D eigenvalue weighted by Crippen LogP contribution is -2.57. The third-order valence-corrected chi connectivity index (χ3v) is 10.7. The predicted octanol–water partition coefficient (Wildman–Crippen LogP) is 6.44. The van der Waals surface area contributed by atoms with Crippen molar-refractivity contribution in [2.45, 2.75) is 118 Å². The highest BCUT2D eigenvalue weighted by atomic mass is 16.3. The Morgan fingerprint density at radius 3 is 2.34 bits per heavy atom. The van der Waals surface area contributed by atoms with E-state index in [1.54, 1.807) is 0 Å². The first-order valence-electron chi connectivity index (χ1n) is 12.8. The lowest BCUT2D eigenvalue weighted by Gasteiger charge is -2.62. The summed E-state index contributed by atoms with van der Waals surface area (Å²) in [5.41, 5.74) is 1.22. The number of aliphatic hydroxyl groups excluding tert-OH is 2. The quantitative estimate of drug-likeness (QED) is 0.568. The molecule has 29 heavy (non-hydrogen) atoms. The van der Waals surface area contributed by atoms with Gasteiger partial charge in [-0.25, -0.2) is 0 Å². The van der Waals surface area contributed by atoms with Gasteiger partial charge < -0.3 is 10.2 Å². The van der Waals surface area contributed by atoms with Gasteiger partial charge in [-0.1, -0.05) is 41.5 Å².